The van der Waals surface area contributed by atoms with Crippen LogP contribution in [0.1, 0.15) is 83.1 Å². The molecule has 4 atom stereocenters. The fraction of sp³-hybridized carbons (Fsp3) is 0.457. The van der Waals surface area contributed by atoms with Gasteiger partial charge in [0.25, 0.3) is 0 Å². The predicted molar refractivity (Wildman–Crippen MR) is 160 cm³/mol. The van der Waals surface area contributed by atoms with Gasteiger partial charge in [-0.25, -0.2) is 0 Å². The second kappa shape index (κ2) is 9.40. The van der Waals surface area contributed by atoms with Crippen molar-refractivity contribution in [2.24, 2.45) is 22.7 Å². The lowest BCUT2D eigenvalue weighted by molar-refractivity contribution is -0.178. The highest BCUT2D eigenvalue weighted by Gasteiger charge is 2.72. The van der Waals surface area contributed by atoms with Crippen molar-refractivity contribution >= 4 is 23.1 Å². The second-order valence-corrected chi connectivity index (χ2v) is 13.7. The Morgan fingerprint density at radius 1 is 1.02 bits per heavy atom. The van der Waals surface area contributed by atoms with Crippen molar-refractivity contribution in [1.82, 2.24) is 0 Å². The number of aliphatic hydroxyl groups is 3. The maximum Gasteiger partial charge on any atom is 0.203 e. The van der Waals surface area contributed by atoms with Crippen molar-refractivity contribution in [2.45, 2.75) is 79.8 Å². The maximum atomic E-state index is 14.6. The number of phenols is 1. The number of carbonyl (C=O) groups excluding carboxylic acids is 3. The molecule has 7 nitrogen and oxygen atoms in total. The molecule has 0 saturated heterocycles. The molecule has 42 heavy (non-hydrogen) atoms. The lowest BCUT2D eigenvalue weighted by atomic mass is 9.43. The predicted octanol–water partition coefficient (Wildman–Crippen LogP) is 6.29. The lowest BCUT2D eigenvalue weighted by Gasteiger charge is -2.59. The SMILES string of the molecule is CC(=O)C1=C(O)[C@]2(O)C(=O)C3=C(O)c4c(O)c(-c5cccc(C)c5)cc(C(C)C)c4C[C@]3(C)C[C@]2(C)C(C(C)C)C1=O. The van der Waals surface area contributed by atoms with Crippen LogP contribution in [-0.4, -0.2) is 43.4 Å². The van der Waals surface area contributed by atoms with Crippen LogP contribution in [0.3, 0.4) is 0 Å². The van der Waals surface area contributed by atoms with Gasteiger partial charge in [0.2, 0.25) is 5.78 Å². The molecule has 3 aliphatic rings. The van der Waals surface area contributed by atoms with E-state index in [4.69, 9.17) is 0 Å². The van der Waals surface area contributed by atoms with Crippen LogP contribution in [0.2, 0.25) is 0 Å². The maximum absolute atomic E-state index is 14.6. The van der Waals surface area contributed by atoms with Gasteiger partial charge < -0.3 is 20.4 Å². The molecule has 5 rings (SSSR count). The van der Waals surface area contributed by atoms with E-state index in [2.05, 4.69) is 0 Å². The van der Waals surface area contributed by atoms with E-state index in [0.29, 0.717) is 11.1 Å². The number of aliphatic hydroxyl groups excluding tert-OH is 2. The van der Waals surface area contributed by atoms with Crippen LogP contribution in [-0.2, 0) is 20.8 Å². The summed E-state index contributed by atoms with van der Waals surface area (Å²) < 4.78 is 0. The Kier molecular flexibility index (Phi) is 6.66. The zero-order valence-corrected chi connectivity index (χ0v) is 25.5. The minimum absolute atomic E-state index is 0.0115. The molecule has 4 N–H and O–H groups in total. The van der Waals surface area contributed by atoms with E-state index in [9.17, 15) is 34.8 Å². The number of hydrogen-bond acceptors (Lipinski definition) is 7. The number of ketones is 3. The summed E-state index contributed by atoms with van der Waals surface area (Å²) in [5.41, 5.74) is -1.84. The highest BCUT2D eigenvalue weighted by Crippen LogP contribution is 2.65. The van der Waals surface area contributed by atoms with E-state index < -0.39 is 56.8 Å². The summed E-state index contributed by atoms with van der Waals surface area (Å²) in [7, 11) is 0. The number of fused-ring (bicyclic) bond motifs is 3. The van der Waals surface area contributed by atoms with Crippen LogP contribution in [0, 0.1) is 29.6 Å². The molecule has 2 aromatic rings. The van der Waals surface area contributed by atoms with E-state index in [1.807, 2.05) is 58.0 Å². The summed E-state index contributed by atoms with van der Waals surface area (Å²) in [5, 5.41) is 47.2. The number of hydrogen-bond donors (Lipinski definition) is 4. The largest absolute Gasteiger partial charge is 0.508 e. The van der Waals surface area contributed by atoms with Gasteiger partial charge in [0.1, 0.15) is 22.8 Å². The van der Waals surface area contributed by atoms with E-state index in [0.717, 1.165) is 23.6 Å². The topological polar surface area (TPSA) is 132 Å². The molecule has 0 amide bonds. The number of rotatable bonds is 4. The zero-order chi connectivity index (χ0) is 31.3. The Hall–Kier alpha value is -3.71. The van der Waals surface area contributed by atoms with Crippen LogP contribution in [0.25, 0.3) is 16.9 Å². The first-order valence-corrected chi connectivity index (χ1v) is 14.6. The van der Waals surface area contributed by atoms with Crippen molar-refractivity contribution in [2.75, 3.05) is 0 Å². The third kappa shape index (κ3) is 3.72. The molecular weight excluding hydrogens is 532 g/mol. The van der Waals surface area contributed by atoms with Gasteiger partial charge in [0.15, 0.2) is 17.2 Å². The molecule has 1 unspecified atom stereocenters. The molecule has 1 saturated carbocycles. The number of Topliss-reactive ketones (excluding diaryl/α,β-unsaturated/α-hetero) is 3. The van der Waals surface area contributed by atoms with Crippen LogP contribution in [0.4, 0.5) is 0 Å². The van der Waals surface area contributed by atoms with Crippen molar-refractivity contribution in [3.05, 3.63) is 69.5 Å². The summed E-state index contributed by atoms with van der Waals surface area (Å²) in [6, 6.07) is 9.56. The lowest BCUT2D eigenvalue weighted by Crippen LogP contribution is -2.69. The first kappa shape index (κ1) is 29.8. The molecule has 7 heteroatoms. The average molecular weight is 573 g/mol. The van der Waals surface area contributed by atoms with Gasteiger partial charge in [-0.1, -0.05) is 71.4 Å². The van der Waals surface area contributed by atoms with Gasteiger partial charge in [-0.15, -0.1) is 0 Å². The Morgan fingerprint density at radius 3 is 2.21 bits per heavy atom. The minimum Gasteiger partial charge on any atom is -0.508 e. The van der Waals surface area contributed by atoms with Gasteiger partial charge in [0, 0.05) is 27.9 Å². The number of benzene rings is 2. The summed E-state index contributed by atoms with van der Waals surface area (Å²) in [6.07, 6.45) is 0.334. The molecule has 3 aliphatic carbocycles. The van der Waals surface area contributed by atoms with Crippen molar-refractivity contribution in [3.63, 3.8) is 0 Å². The van der Waals surface area contributed by atoms with Crippen LogP contribution >= 0.6 is 0 Å². The molecule has 1 fully saturated rings. The number of allylic oxidation sites excluding steroid dienone is 1. The number of carbonyl (C=O) groups is 3. The Morgan fingerprint density at radius 2 is 1.67 bits per heavy atom. The second-order valence-electron chi connectivity index (χ2n) is 13.7. The molecular formula is C35H40O7. The highest BCUT2D eigenvalue weighted by molar-refractivity contribution is 6.24. The minimum atomic E-state index is -2.62. The molecule has 0 bridgehead atoms. The Labute approximate surface area is 246 Å². The first-order chi connectivity index (χ1) is 19.4. The summed E-state index contributed by atoms with van der Waals surface area (Å²) >= 11 is 0. The summed E-state index contributed by atoms with van der Waals surface area (Å²) in [4.78, 5) is 40.8. The fourth-order valence-corrected chi connectivity index (χ4v) is 8.36. The molecule has 0 aromatic heterocycles. The standard InChI is InChI=1S/C35H40O7/c1-16(2)21-13-22(20-11-9-10-18(5)12-20)28(37)25-23(21)14-33(7)15-34(8)26(17(3)4)29(38)24(19(6)36)31(40)35(34,42)32(41)27(33)30(25)39/h9-13,16-17,26,37,39-40,42H,14-15H2,1-8H3/t26?,33-,34-,35+/m1/s1. The molecule has 2 aromatic carbocycles. The average Bonchev–Trinajstić information content (AvgIpc) is 2.85. The van der Waals surface area contributed by atoms with Crippen LogP contribution in [0.15, 0.2) is 47.2 Å². The van der Waals surface area contributed by atoms with Crippen LogP contribution in [0.5, 0.6) is 5.75 Å². The summed E-state index contributed by atoms with van der Waals surface area (Å²) in [6.45, 7) is 14.1. The van der Waals surface area contributed by atoms with Crippen LogP contribution < -0.4 is 0 Å². The number of aromatic hydroxyl groups is 1. The van der Waals surface area contributed by atoms with E-state index in [1.165, 1.54) is 0 Å². The van der Waals surface area contributed by atoms with Gasteiger partial charge in [0.05, 0.1) is 5.56 Å². The third-order valence-electron chi connectivity index (χ3n) is 9.99. The van der Waals surface area contributed by atoms with Gasteiger partial charge in [-0.3, -0.25) is 14.4 Å². The normalized spacial score (nSPS) is 29.2. The van der Waals surface area contributed by atoms with E-state index in [-0.39, 0.29) is 41.6 Å². The highest BCUT2D eigenvalue weighted by atomic mass is 16.3. The zero-order valence-electron chi connectivity index (χ0n) is 25.5. The van der Waals surface area contributed by atoms with E-state index >= 15 is 0 Å². The smallest absolute Gasteiger partial charge is 0.203 e. The molecule has 0 radical (unpaired) electrons. The number of aryl methyl sites for hydroxylation is 1. The fourth-order valence-electron chi connectivity index (χ4n) is 8.36. The Bertz CT molecular complexity index is 1640. The van der Waals surface area contributed by atoms with Gasteiger partial charge in [-0.2, -0.15) is 0 Å². The molecule has 0 heterocycles. The Balaban J connectivity index is 1.86. The monoisotopic (exact) mass is 572 g/mol. The molecule has 0 spiro atoms. The first-order valence-electron chi connectivity index (χ1n) is 14.6. The van der Waals surface area contributed by atoms with Gasteiger partial charge >= 0.3 is 0 Å². The van der Waals surface area contributed by atoms with E-state index in [1.54, 1.807) is 20.8 Å². The van der Waals surface area contributed by atoms with Crippen molar-refractivity contribution < 1.29 is 34.8 Å². The number of phenolic OH excluding ortho intramolecular Hbond substituents is 1. The third-order valence-corrected chi connectivity index (χ3v) is 9.99. The molecule has 0 aliphatic heterocycles. The molecule has 222 valence electrons. The summed E-state index contributed by atoms with van der Waals surface area (Å²) in [5.74, 6) is -5.17. The van der Waals surface area contributed by atoms with Gasteiger partial charge in [-0.05, 0) is 61.3 Å². The quantitative estimate of drug-likeness (QED) is 0.317. The van der Waals surface area contributed by atoms with Crippen molar-refractivity contribution in [3.8, 4) is 16.9 Å². The van der Waals surface area contributed by atoms with Crippen molar-refractivity contribution in [1.29, 1.82) is 0 Å².